The predicted octanol–water partition coefficient (Wildman–Crippen LogP) is 1.77. The highest BCUT2D eigenvalue weighted by Crippen LogP contribution is 2.35. The molecule has 1 atom stereocenters. The molecular formula is C13H14N2O2. The maximum absolute atomic E-state index is 5.68. The molecule has 3 N–H and O–H groups in total. The van der Waals surface area contributed by atoms with Crippen molar-refractivity contribution in [3.63, 3.8) is 0 Å². The lowest BCUT2D eigenvalue weighted by Crippen LogP contribution is -2.28. The number of ether oxygens (including phenoxy) is 1. The Morgan fingerprint density at radius 3 is 3.00 bits per heavy atom. The van der Waals surface area contributed by atoms with Gasteiger partial charge < -0.3 is 9.15 Å². The van der Waals surface area contributed by atoms with E-state index in [-0.39, 0.29) is 6.04 Å². The summed E-state index contributed by atoms with van der Waals surface area (Å²) in [6.07, 6.45) is 4.30. The minimum Gasteiger partial charge on any atom is -0.493 e. The van der Waals surface area contributed by atoms with Crippen LogP contribution in [0.25, 0.3) is 0 Å². The second-order valence-corrected chi connectivity index (χ2v) is 4.09. The third-order valence-electron chi connectivity index (χ3n) is 3.10. The summed E-state index contributed by atoms with van der Waals surface area (Å²) in [7, 11) is 0. The van der Waals surface area contributed by atoms with Crippen LogP contribution >= 0.6 is 0 Å². The Balaban J connectivity index is 2.06. The van der Waals surface area contributed by atoms with Crippen LogP contribution in [0.2, 0.25) is 0 Å². The first-order valence-electron chi connectivity index (χ1n) is 5.63. The van der Waals surface area contributed by atoms with E-state index < -0.39 is 0 Å². The molecule has 1 aromatic heterocycles. The Morgan fingerprint density at radius 2 is 2.24 bits per heavy atom. The number of rotatable bonds is 3. The summed E-state index contributed by atoms with van der Waals surface area (Å²) in [5.41, 5.74) is 6.11. The van der Waals surface area contributed by atoms with Crippen LogP contribution < -0.4 is 16.0 Å². The van der Waals surface area contributed by atoms with Crippen molar-refractivity contribution in [2.45, 2.75) is 12.5 Å². The summed E-state index contributed by atoms with van der Waals surface area (Å²) < 4.78 is 10.8. The Hall–Kier alpha value is -1.78. The largest absolute Gasteiger partial charge is 0.493 e. The molecule has 0 saturated carbocycles. The molecule has 1 aliphatic rings. The maximum atomic E-state index is 5.68. The Morgan fingerprint density at radius 1 is 1.29 bits per heavy atom. The molecule has 1 aromatic carbocycles. The first-order valence-corrected chi connectivity index (χ1v) is 5.63. The van der Waals surface area contributed by atoms with Gasteiger partial charge in [0.2, 0.25) is 0 Å². The fourth-order valence-corrected chi connectivity index (χ4v) is 2.27. The fraction of sp³-hybridized carbons (Fsp3) is 0.231. The Labute approximate surface area is 99.3 Å². The van der Waals surface area contributed by atoms with E-state index in [1.165, 1.54) is 5.56 Å². The average Bonchev–Trinajstić information content (AvgIpc) is 3.00. The number of furan rings is 1. The van der Waals surface area contributed by atoms with Crippen LogP contribution in [0.5, 0.6) is 5.75 Å². The fourth-order valence-electron chi connectivity index (χ4n) is 2.27. The highest BCUT2D eigenvalue weighted by Gasteiger charge is 2.23. The molecule has 2 heterocycles. The second kappa shape index (κ2) is 4.24. The van der Waals surface area contributed by atoms with E-state index in [2.05, 4.69) is 11.5 Å². The van der Waals surface area contributed by atoms with E-state index in [9.17, 15) is 0 Å². The van der Waals surface area contributed by atoms with E-state index in [1.54, 1.807) is 12.5 Å². The van der Waals surface area contributed by atoms with Crippen molar-refractivity contribution in [3.8, 4) is 5.75 Å². The summed E-state index contributed by atoms with van der Waals surface area (Å²) in [4.78, 5) is 0. The summed E-state index contributed by atoms with van der Waals surface area (Å²) in [5, 5.41) is 0. The van der Waals surface area contributed by atoms with Gasteiger partial charge in [-0.3, -0.25) is 5.84 Å². The van der Waals surface area contributed by atoms with Crippen LogP contribution in [-0.4, -0.2) is 6.61 Å². The first kappa shape index (κ1) is 10.4. The van der Waals surface area contributed by atoms with Gasteiger partial charge in [0, 0.05) is 17.5 Å². The lowest BCUT2D eigenvalue weighted by Gasteiger charge is -2.17. The molecule has 3 rings (SSSR count). The lowest BCUT2D eigenvalue weighted by atomic mass is 9.98. The van der Waals surface area contributed by atoms with Crippen molar-refractivity contribution in [3.05, 3.63) is 53.5 Å². The standard InChI is InChI=1S/C13H14N2O2/c14-15-12(10-4-6-16-8-10)11-3-1-2-9-5-7-17-13(9)11/h1-4,6,8,12,15H,5,7,14H2. The van der Waals surface area contributed by atoms with Gasteiger partial charge >= 0.3 is 0 Å². The molecule has 1 aliphatic heterocycles. The van der Waals surface area contributed by atoms with E-state index in [0.717, 1.165) is 29.9 Å². The van der Waals surface area contributed by atoms with Crippen molar-refractivity contribution in [2.24, 2.45) is 5.84 Å². The molecule has 0 spiro atoms. The molecule has 0 saturated heterocycles. The van der Waals surface area contributed by atoms with Gasteiger partial charge in [-0.25, -0.2) is 5.43 Å². The highest BCUT2D eigenvalue weighted by molar-refractivity contribution is 5.48. The van der Waals surface area contributed by atoms with Gasteiger partial charge in [0.1, 0.15) is 5.75 Å². The number of hydrogen-bond donors (Lipinski definition) is 2. The van der Waals surface area contributed by atoms with Gasteiger partial charge in [-0.1, -0.05) is 18.2 Å². The van der Waals surface area contributed by atoms with Crippen molar-refractivity contribution in [2.75, 3.05) is 6.61 Å². The number of hydrazine groups is 1. The molecule has 0 fully saturated rings. The monoisotopic (exact) mass is 230 g/mol. The normalized spacial score (nSPS) is 15.4. The molecule has 0 radical (unpaired) electrons. The quantitative estimate of drug-likeness (QED) is 0.623. The smallest absolute Gasteiger partial charge is 0.127 e. The van der Waals surface area contributed by atoms with Gasteiger partial charge in [-0.15, -0.1) is 0 Å². The van der Waals surface area contributed by atoms with Crippen molar-refractivity contribution in [1.82, 2.24) is 5.43 Å². The summed E-state index contributed by atoms with van der Waals surface area (Å²) in [5.74, 6) is 6.60. The van der Waals surface area contributed by atoms with Crippen LogP contribution in [0.3, 0.4) is 0 Å². The van der Waals surface area contributed by atoms with E-state index in [1.807, 2.05) is 18.2 Å². The topological polar surface area (TPSA) is 60.4 Å². The third-order valence-corrected chi connectivity index (χ3v) is 3.10. The molecule has 4 heteroatoms. The van der Waals surface area contributed by atoms with Gasteiger partial charge in [-0.05, 0) is 11.6 Å². The molecule has 2 aromatic rings. The van der Waals surface area contributed by atoms with Gasteiger partial charge in [-0.2, -0.15) is 0 Å². The summed E-state index contributed by atoms with van der Waals surface area (Å²) in [6.45, 7) is 0.745. The SMILES string of the molecule is NNC(c1ccoc1)c1cccc2c1OCC2. The zero-order valence-corrected chi connectivity index (χ0v) is 9.35. The maximum Gasteiger partial charge on any atom is 0.127 e. The molecule has 0 aliphatic carbocycles. The molecule has 17 heavy (non-hydrogen) atoms. The minimum absolute atomic E-state index is 0.0956. The Kier molecular flexibility index (Phi) is 2.59. The number of benzene rings is 1. The zero-order valence-electron chi connectivity index (χ0n) is 9.35. The van der Waals surface area contributed by atoms with Crippen LogP contribution in [0.4, 0.5) is 0 Å². The van der Waals surface area contributed by atoms with Gasteiger partial charge in [0.25, 0.3) is 0 Å². The van der Waals surface area contributed by atoms with E-state index in [4.69, 9.17) is 15.0 Å². The van der Waals surface area contributed by atoms with Crippen molar-refractivity contribution < 1.29 is 9.15 Å². The van der Waals surface area contributed by atoms with Crippen LogP contribution in [-0.2, 0) is 6.42 Å². The van der Waals surface area contributed by atoms with Crippen LogP contribution in [0.15, 0.2) is 41.2 Å². The number of para-hydroxylation sites is 1. The number of hydrogen-bond acceptors (Lipinski definition) is 4. The minimum atomic E-state index is -0.0956. The Bertz CT molecular complexity index is 508. The second-order valence-electron chi connectivity index (χ2n) is 4.09. The molecule has 0 amide bonds. The zero-order chi connectivity index (χ0) is 11.7. The van der Waals surface area contributed by atoms with Crippen molar-refractivity contribution >= 4 is 0 Å². The predicted molar refractivity (Wildman–Crippen MR) is 63.5 cm³/mol. The summed E-state index contributed by atoms with van der Waals surface area (Å²) in [6, 6.07) is 7.96. The number of fused-ring (bicyclic) bond motifs is 1. The van der Waals surface area contributed by atoms with Crippen LogP contribution in [0.1, 0.15) is 22.7 Å². The molecule has 1 unspecified atom stereocenters. The number of nitrogens with one attached hydrogen (secondary N) is 1. The third kappa shape index (κ3) is 1.71. The first-order chi connectivity index (χ1) is 8.40. The van der Waals surface area contributed by atoms with Gasteiger partial charge in [0.15, 0.2) is 0 Å². The van der Waals surface area contributed by atoms with E-state index in [0.29, 0.717) is 0 Å². The average molecular weight is 230 g/mol. The summed E-state index contributed by atoms with van der Waals surface area (Å²) >= 11 is 0. The molecule has 4 nitrogen and oxygen atoms in total. The lowest BCUT2D eigenvalue weighted by molar-refractivity contribution is 0.350. The molecule has 88 valence electrons. The highest BCUT2D eigenvalue weighted by atomic mass is 16.5. The van der Waals surface area contributed by atoms with Gasteiger partial charge in [0.05, 0.1) is 25.2 Å². The molecule has 0 bridgehead atoms. The van der Waals surface area contributed by atoms with Crippen LogP contribution in [0, 0.1) is 0 Å². The number of nitrogens with two attached hydrogens (primary N) is 1. The van der Waals surface area contributed by atoms with E-state index >= 15 is 0 Å². The molecular weight excluding hydrogens is 216 g/mol. The van der Waals surface area contributed by atoms with Crippen molar-refractivity contribution in [1.29, 1.82) is 0 Å².